The first kappa shape index (κ1) is 21.7. The topological polar surface area (TPSA) is 60.5 Å². The van der Waals surface area contributed by atoms with Crippen molar-refractivity contribution in [3.63, 3.8) is 0 Å². The van der Waals surface area contributed by atoms with E-state index in [0.717, 1.165) is 27.7 Å². The third-order valence-corrected chi connectivity index (χ3v) is 4.79. The van der Waals surface area contributed by atoms with Crippen molar-refractivity contribution in [2.75, 3.05) is 18.5 Å². The largest absolute Gasteiger partial charge is 0.486 e. The number of pyridine rings is 1. The molecular weight excluding hydrogens is 458 g/mol. The van der Waals surface area contributed by atoms with Crippen LogP contribution in [0.2, 0.25) is 0 Å². The maximum atomic E-state index is 13.7. The van der Waals surface area contributed by atoms with Gasteiger partial charge in [-0.2, -0.15) is 0 Å². The molecule has 1 aliphatic heterocycles. The van der Waals surface area contributed by atoms with Crippen LogP contribution in [0.4, 0.5) is 14.6 Å². The summed E-state index contributed by atoms with van der Waals surface area (Å²) in [6.45, 7) is 4.97. The molecule has 8 heteroatoms. The molecule has 0 bridgehead atoms. The number of hydrogen-bond acceptors (Lipinski definition) is 4. The summed E-state index contributed by atoms with van der Waals surface area (Å²) in [5.74, 6) is -1.31. The minimum Gasteiger partial charge on any atom is -0.486 e. The van der Waals surface area contributed by atoms with E-state index in [4.69, 9.17) is 9.47 Å². The maximum absolute atomic E-state index is 13.7. The number of nitrogens with zero attached hydrogens (tertiary/aromatic N) is 1. The van der Waals surface area contributed by atoms with E-state index in [1.165, 1.54) is 6.07 Å². The molecule has 0 unspecified atom stereocenters. The first-order valence-corrected chi connectivity index (χ1v) is 10.1. The van der Waals surface area contributed by atoms with Gasteiger partial charge in [-0.05, 0) is 36.4 Å². The van der Waals surface area contributed by atoms with E-state index in [1.54, 1.807) is 18.3 Å². The Labute approximate surface area is 181 Å². The predicted octanol–water partition coefficient (Wildman–Crippen LogP) is 5.84. The Hall–Kier alpha value is -3.00. The molecule has 2 heterocycles. The summed E-state index contributed by atoms with van der Waals surface area (Å²) < 4.78 is 39.4. The minimum absolute atomic E-state index is 0.171. The fourth-order valence-electron chi connectivity index (χ4n) is 2.81. The standard InChI is InChI=1S/C20H13BrF2N2O3.C2H6/c21-13-9-17-16(27-6-7-28-17)8-12(13)11-4-5-18(24-10-11)25-20(26)19-14(22)2-1-3-15(19)23;1-2/h1-5,8-10H,6-7H2,(H,24,25,26);1-2H3. The van der Waals surface area contributed by atoms with Gasteiger partial charge in [-0.25, -0.2) is 13.8 Å². The van der Waals surface area contributed by atoms with Crippen LogP contribution < -0.4 is 14.8 Å². The Morgan fingerprint density at radius 2 is 1.67 bits per heavy atom. The number of anilines is 1. The number of nitrogens with one attached hydrogen (secondary N) is 1. The molecule has 0 radical (unpaired) electrons. The molecule has 0 saturated carbocycles. The van der Waals surface area contributed by atoms with Crippen molar-refractivity contribution < 1.29 is 23.0 Å². The summed E-state index contributed by atoms with van der Waals surface area (Å²) in [6, 6.07) is 10.2. The number of halogens is 3. The zero-order valence-corrected chi connectivity index (χ0v) is 17.9. The van der Waals surface area contributed by atoms with Gasteiger partial charge in [-0.15, -0.1) is 0 Å². The van der Waals surface area contributed by atoms with Gasteiger partial charge in [0.2, 0.25) is 0 Å². The molecule has 1 N–H and O–H groups in total. The molecule has 2 aromatic carbocycles. The lowest BCUT2D eigenvalue weighted by molar-refractivity contribution is 0.101. The number of carbonyl (C=O) groups excluding carboxylic acids is 1. The van der Waals surface area contributed by atoms with Crippen molar-refractivity contribution in [1.82, 2.24) is 4.98 Å². The zero-order chi connectivity index (χ0) is 21.7. The molecule has 0 aliphatic carbocycles. The molecule has 30 heavy (non-hydrogen) atoms. The summed E-state index contributed by atoms with van der Waals surface area (Å²) in [5, 5.41) is 2.40. The number of amides is 1. The molecular formula is C22H19BrF2N2O3. The van der Waals surface area contributed by atoms with Crippen LogP contribution in [0.5, 0.6) is 11.5 Å². The smallest absolute Gasteiger partial charge is 0.262 e. The summed E-state index contributed by atoms with van der Waals surface area (Å²) in [4.78, 5) is 16.3. The van der Waals surface area contributed by atoms with Crippen LogP contribution >= 0.6 is 15.9 Å². The molecule has 156 valence electrons. The lowest BCUT2D eigenvalue weighted by atomic mass is 10.1. The van der Waals surface area contributed by atoms with Gasteiger partial charge in [0.15, 0.2) is 11.5 Å². The number of fused-ring (bicyclic) bond motifs is 1. The summed E-state index contributed by atoms with van der Waals surface area (Å²) >= 11 is 3.50. The average molecular weight is 477 g/mol. The lowest BCUT2D eigenvalue weighted by Crippen LogP contribution is -2.16. The van der Waals surface area contributed by atoms with Crippen molar-refractivity contribution in [2.24, 2.45) is 0 Å². The van der Waals surface area contributed by atoms with Crippen molar-refractivity contribution in [2.45, 2.75) is 13.8 Å². The Balaban J connectivity index is 0.00000124. The highest BCUT2D eigenvalue weighted by Gasteiger charge is 2.18. The predicted molar refractivity (Wildman–Crippen MR) is 114 cm³/mol. The molecule has 1 amide bonds. The van der Waals surface area contributed by atoms with E-state index in [0.29, 0.717) is 24.7 Å². The van der Waals surface area contributed by atoms with E-state index in [1.807, 2.05) is 26.0 Å². The second-order valence-corrected chi connectivity index (χ2v) is 6.81. The van der Waals surface area contributed by atoms with Gasteiger partial charge in [-0.1, -0.05) is 35.8 Å². The molecule has 0 fully saturated rings. The van der Waals surface area contributed by atoms with Gasteiger partial charge in [0.1, 0.15) is 36.2 Å². The van der Waals surface area contributed by atoms with Gasteiger partial charge in [0, 0.05) is 21.8 Å². The maximum Gasteiger partial charge on any atom is 0.262 e. The van der Waals surface area contributed by atoms with Crippen LogP contribution in [0.1, 0.15) is 24.2 Å². The monoisotopic (exact) mass is 476 g/mol. The van der Waals surface area contributed by atoms with E-state index < -0.39 is 23.1 Å². The highest BCUT2D eigenvalue weighted by atomic mass is 79.9. The first-order chi connectivity index (χ1) is 14.5. The van der Waals surface area contributed by atoms with Crippen molar-refractivity contribution in [1.29, 1.82) is 0 Å². The van der Waals surface area contributed by atoms with Crippen LogP contribution in [0.25, 0.3) is 11.1 Å². The molecule has 3 aromatic rings. The molecule has 1 aliphatic rings. The fourth-order valence-corrected chi connectivity index (χ4v) is 3.36. The van der Waals surface area contributed by atoms with E-state index >= 15 is 0 Å². The number of hydrogen-bond donors (Lipinski definition) is 1. The first-order valence-electron chi connectivity index (χ1n) is 9.34. The minimum atomic E-state index is -0.936. The normalized spacial score (nSPS) is 11.9. The summed E-state index contributed by atoms with van der Waals surface area (Å²) in [5.41, 5.74) is 0.941. The molecule has 5 nitrogen and oxygen atoms in total. The Morgan fingerprint density at radius 1 is 1.03 bits per heavy atom. The van der Waals surface area contributed by atoms with Crippen molar-refractivity contribution in [3.8, 4) is 22.6 Å². The Bertz CT molecular complexity index is 1040. The van der Waals surface area contributed by atoms with Crippen LogP contribution in [0, 0.1) is 11.6 Å². The van der Waals surface area contributed by atoms with E-state index in [9.17, 15) is 13.6 Å². The van der Waals surface area contributed by atoms with Crippen LogP contribution in [-0.2, 0) is 0 Å². The summed E-state index contributed by atoms with van der Waals surface area (Å²) in [7, 11) is 0. The van der Waals surface area contributed by atoms with Gasteiger partial charge in [-0.3, -0.25) is 4.79 Å². The van der Waals surface area contributed by atoms with E-state index in [2.05, 4.69) is 26.2 Å². The van der Waals surface area contributed by atoms with Gasteiger partial charge >= 0.3 is 0 Å². The van der Waals surface area contributed by atoms with Crippen LogP contribution in [-0.4, -0.2) is 24.1 Å². The Kier molecular flexibility index (Phi) is 6.99. The van der Waals surface area contributed by atoms with Crippen LogP contribution in [0.3, 0.4) is 0 Å². The van der Waals surface area contributed by atoms with Gasteiger partial charge in [0.25, 0.3) is 5.91 Å². The number of benzene rings is 2. The average Bonchev–Trinajstić information content (AvgIpc) is 2.75. The summed E-state index contributed by atoms with van der Waals surface area (Å²) in [6.07, 6.45) is 1.55. The fraction of sp³-hybridized carbons (Fsp3) is 0.182. The highest BCUT2D eigenvalue weighted by molar-refractivity contribution is 9.10. The quantitative estimate of drug-likeness (QED) is 0.515. The van der Waals surface area contributed by atoms with Gasteiger partial charge in [0.05, 0.1) is 0 Å². The molecule has 0 atom stereocenters. The molecule has 4 rings (SSSR count). The second kappa shape index (κ2) is 9.67. The zero-order valence-electron chi connectivity index (χ0n) is 16.3. The number of ether oxygens (including phenoxy) is 2. The lowest BCUT2D eigenvalue weighted by Gasteiger charge is -2.20. The molecule has 0 spiro atoms. The number of carbonyl (C=O) groups is 1. The van der Waals surface area contributed by atoms with E-state index in [-0.39, 0.29) is 5.82 Å². The SMILES string of the molecule is CC.O=C(Nc1ccc(-c2cc3c(cc2Br)OCCO3)cn1)c1c(F)cccc1F. The van der Waals surface area contributed by atoms with Crippen LogP contribution in [0.15, 0.2) is 53.1 Å². The van der Waals surface area contributed by atoms with Gasteiger partial charge < -0.3 is 14.8 Å². The molecule has 1 aromatic heterocycles. The number of rotatable bonds is 3. The second-order valence-electron chi connectivity index (χ2n) is 5.96. The highest BCUT2D eigenvalue weighted by Crippen LogP contribution is 2.39. The third-order valence-electron chi connectivity index (χ3n) is 4.14. The number of aromatic nitrogens is 1. The Morgan fingerprint density at radius 3 is 2.27 bits per heavy atom. The van der Waals surface area contributed by atoms with Crippen molar-refractivity contribution in [3.05, 3.63) is 70.3 Å². The molecule has 0 saturated heterocycles. The third kappa shape index (κ3) is 4.59. The van der Waals surface area contributed by atoms with Crippen molar-refractivity contribution >= 4 is 27.7 Å².